The first-order valence-electron chi connectivity index (χ1n) is 2.99. The molecule has 0 bridgehead atoms. The zero-order valence-electron chi connectivity index (χ0n) is 6.04. The largest absolute Gasteiger partial charge is 0.447 e. The number of nitriles is 1. The van der Waals surface area contributed by atoms with Gasteiger partial charge >= 0.3 is 5.51 Å². The van der Waals surface area contributed by atoms with Gasteiger partial charge in [-0.3, -0.25) is 4.98 Å². The van der Waals surface area contributed by atoms with Crippen molar-refractivity contribution >= 4 is 11.8 Å². The molecule has 1 aromatic heterocycles. The molecule has 0 N–H and O–H groups in total. The zero-order valence-corrected chi connectivity index (χ0v) is 6.85. The third-order valence-corrected chi connectivity index (χ3v) is 1.58. The molecule has 0 atom stereocenters. The summed E-state index contributed by atoms with van der Waals surface area (Å²) in [4.78, 5) is 6.83. The van der Waals surface area contributed by atoms with E-state index < -0.39 is 17.3 Å². The fourth-order valence-electron chi connectivity index (χ4n) is 0.570. The second-order valence-electron chi connectivity index (χ2n) is 1.90. The lowest BCUT2D eigenvalue weighted by atomic mass is 10.5. The Morgan fingerprint density at radius 1 is 1.38 bits per heavy atom. The molecule has 13 heavy (non-hydrogen) atoms. The highest BCUT2D eigenvalue weighted by atomic mass is 32.2. The lowest BCUT2D eigenvalue weighted by Gasteiger charge is -2.03. The average molecular weight is 205 g/mol. The number of halogens is 3. The molecule has 0 radical (unpaired) electrons. The van der Waals surface area contributed by atoms with Crippen LogP contribution in [-0.2, 0) is 0 Å². The number of thioether (sulfide) groups is 1. The van der Waals surface area contributed by atoms with Crippen molar-refractivity contribution in [3.63, 3.8) is 0 Å². The second kappa shape index (κ2) is 3.62. The van der Waals surface area contributed by atoms with Gasteiger partial charge < -0.3 is 0 Å². The van der Waals surface area contributed by atoms with Crippen LogP contribution in [0.1, 0.15) is 5.69 Å². The molecule has 1 heterocycles. The molecular weight excluding hydrogens is 203 g/mol. The van der Waals surface area contributed by atoms with E-state index in [2.05, 4.69) is 9.97 Å². The van der Waals surface area contributed by atoms with Gasteiger partial charge in [0.05, 0.1) is 12.4 Å². The van der Waals surface area contributed by atoms with Crippen LogP contribution in [0.4, 0.5) is 13.2 Å². The first-order chi connectivity index (χ1) is 6.01. The summed E-state index contributed by atoms with van der Waals surface area (Å²) in [6.45, 7) is 0. The number of hydrogen-bond donors (Lipinski definition) is 0. The summed E-state index contributed by atoms with van der Waals surface area (Å²) in [5.41, 5.74) is -4.53. The molecule has 0 amide bonds. The Bertz CT molecular complexity index is 344. The van der Waals surface area contributed by atoms with E-state index in [9.17, 15) is 13.2 Å². The van der Waals surface area contributed by atoms with E-state index >= 15 is 0 Å². The van der Waals surface area contributed by atoms with Crippen LogP contribution in [0, 0.1) is 11.3 Å². The zero-order chi connectivity index (χ0) is 9.90. The molecule has 0 aliphatic rings. The first-order valence-corrected chi connectivity index (χ1v) is 3.81. The highest BCUT2D eigenvalue weighted by Crippen LogP contribution is 2.35. The van der Waals surface area contributed by atoms with Gasteiger partial charge in [0.15, 0.2) is 5.69 Å². The SMILES string of the molecule is N#Cc1cncc(SC(F)(F)F)n1. The fourth-order valence-corrected chi connectivity index (χ4v) is 1.06. The van der Waals surface area contributed by atoms with Crippen LogP contribution < -0.4 is 0 Å². The minimum Gasteiger partial charge on any atom is -0.259 e. The number of hydrogen-bond acceptors (Lipinski definition) is 4. The van der Waals surface area contributed by atoms with Gasteiger partial charge in [-0.25, -0.2) is 4.98 Å². The van der Waals surface area contributed by atoms with Gasteiger partial charge in [-0.2, -0.15) is 18.4 Å². The Morgan fingerprint density at radius 3 is 2.62 bits per heavy atom. The molecule has 0 saturated carbocycles. The summed E-state index contributed by atoms with van der Waals surface area (Å²) in [5, 5.41) is 7.99. The highest BCUT2D eigenvalue weighted by Gasteiger charge is 2.30. The molecule has 0 aliphatic heterocycles. The molecule has 0 unspecified atom stereocenters. The molecule has 0 aromatic carbocycles. The van der Waals surface area contributed by atoms with Crippen LogP contribution in [0.2, 0.25) is 0 Å². The molecule has 7 heteroatoms. The van der Waals surface area contributed by atoms with Crippen molar-refractivity contribution in [3.8, 4) is 6.07 Å². The smallest absolute Gasteiger partial charge is 0.259 e. The lowest BCUT2D eigenvalue weighted by molar-refractivity contribution is -0.0329. The third-order valence-electron chi connectivity index (χ3n) is 0.947. The summed E-state index contributed by atoms with van der Waals surface area (Å²) >= 11 is -0.394. The highest BCUT2D eigenvalue weighted by molar-refractivity contribution is 8.00. The first kappa shape index (κ1) is 9.80. The third kappa shape index (κ3) is 3.29. The van der Waals surface area contributed by atoms with E-state index in [0.29, 0.717) is 0 Å². The predicted molar refractivity (Wildman–Crippen MR) is 38.7 cm³/mol. The van der Waals surface area contributed by atoms with E-state index in [-0.39, 0.29) is 10.7 Å². The Morgan fingerprint density at radius 2 is 2.08 bits per heavy atom. The molecule has 1 aromatic rings. The monoisotopic (exact) mass is 205 g/mol. The minimum atomic E-state index is -4.40. The molecule has 3 nitrogen and oxygen atoms in total. The van der Waals surface area contributed by atoms with Gasteiger partial charge in [0.2, 0.25) is 0 Å². The molecule has 68 valence electrons. The van der Waals surface area contributed by atoms with Gasteiger partial charge in [0.1, 0.15) is 11.1 Å². The van der Waals surface area contributed by atoms with Gasteiger partial charge in [0.25, 0.3) is 0 Å². The number of aromatic nitrogens is 2. The molecule has 0 aliphatic carbocycles. The van der Waals surface area contributed by atoms with E-state index in [1.165, 1.54) is 0 Å². The Labute approximate surface area is 75.6 Å². The average Bonchev–Trinajstić information content (AvgIpc) is 2.01. The fraction of sp³-hybridized carbons (Fsp3) is 0.167. The molecular formula is C6H2F3N3S. The van der Waals surface area contributed by atoms with Crippen molar-refractivity contribution in [1.82, 2.24) is 9.97 Å². The van der Waals surface area contributed by atoms with Gasteiger partial charge in [-0.05, 0) is 0 Å². The van der Waals surface area contributed by atoms with Gasteiger partial charge in [0, 0.05) is 11.8 Å². The summed E-state index contributed by atoms with van der Waals surface area (Å²) in [6, 6.07) is 1.60. The summed E-state index contributed by atoms with van der Waals surface area (Å²) in [7, 11) is 0. The topological polar surface area (TPSA) is 49.6 Å². The normalized spacial score (nSPS) is 10.9. The number of nitrogens with zero attached hydrogens (tertiary/aromatic N) is 3. The van der Waals surface area contributed by atoms with Crippen molar-refractivity contribution in [1.29, 1.82) is 5.26 Å². The van der Waals surface area contributed by atoms with Crippen LogP contribution in [0.15, 0.2) is 17.4 Å². The maximum absolute atomic E-state index is 11.8. The van der Waals surface area contributed by atoms with Crippen molar-refractivity contribution in [3.05, 3.63) is 18.1 Å². The number of rotatable bonds is 1. The van der Waals surface area contributed by atoms with Crippen molar-refractivity contribution < 1.29 is 13.2 Å². The Balaban J connectivity index is 2.86. The van der Waals surface area contributed by atoms with Crippen LogP contribution in [0.5, 0.6) is 0 Å². The van der Waals surface area contributed by atoms with Crippen molar-refractivity contribution in [2.75, 3.05) is 0 Å². The van der Waals surface area contributed by atoms with E-state index in [1.54, 1.807) is 6.07 Å². The van der Waals surface area contributed by atoms with Crippen LogP contribution in [-0.4, -0.2) is 15.5 Å². The van der Waals surface area contributed by atoms with E-state index in [4.69, 9.17) is 5.26 Å². The summed E-state index contributed by atoms with van der Waals surface area (Å²) < 4.78 is 35.4. The molecule has 0 fully saturated rings. The van der Waals surface area contributed by atoms with Crippen LogP contribution in [0.3, 0.4) is 0 Å². The number of alkyl halides is 3. The minimum absolute atomic E-state index is 0.130. The maximum Gasteiger partial charge on any atom is 0.447 e. The Kier molecular flexibility index (Phi) is 2.72. The second-order valence-corrected chi connectivity index (χ2v) is 2.99. The maximum atomic E-state index is 11.8. The lowest BCUT2D eigenvalue weighted by Crippen LogP contribution is -2.01. The molecule has 0 spiro atoms. The van der Waals surface area contributed by atoms with E-state index in [1.807, 2.05) is 0 Å². The Hall–Kier alpha value is -1.29. The quantitative estimate of drug-likeness (QED) is 0.657. The summed E-state index contributed by atoms with van der Waals surface area (Å²) in [5.74, 6) is 0. The standard InChI is InChI=1S/C6H2F3N3S/c7-6(8,9)13-5-3-11-2-4(1-10)12-5/h2-3H. The summed E-state index contributed by atoms with van der Waals surface area (Å²) in [6.07, 6.45) is 2.05. The van der Waals surface area contributed by atoms with E-state index in [0.717, 1.165) is 12.4 Å². The van der Waals surface area contributed by atoms with Crippen LogP contribution >= 0.6 is 11.8 Å². The van der Waals surface area contributed by atoms with Crippen molar-refractivity contribution in [2.45, 2.75) is 10.5 Å². The van der Waals surface area contributed by atoms with Crippen LogP contribution in [0.25, 0.3) is 0 Å². The predicted octanol–water partition coefficient (Wildman–Crippen LogP) is 1.96. The van der Waals surface area contributed by atoms with Gasteiger partial charge in [-0.15, -0.1) is 0 Å². The van der Waals surface area contributed by atoms with Gasteiger partial charge in [-0.1, -0.05) is 0 Å². The van der Waals surface area contributed by atoms with Crippen molar-refractivity contribution in [2.24, 2.45) is 0 Å². The molecule has 0 saturated heterocycles. The molecule has 1 rings (SSSR count).